The van der Waals surface area contributed by atoms with Gasteiger partial charge in [0.2, 0.25) is 0 Å². The fraction of sp³-hybridized carbons (Fsp3) is 0.240. The number of amides is 1. The molecule has 2 aromatic heterocycles. The van der Waals surface area contributed by atoms with E-state index in [-0.39, 0.29) is 11.9 Å². The van der Waals surface area contributed by atoms with Gasteiger partial charge >= 0.3 is 0 Å². The zero-order valence-corrected chi connectivity index (χ0v) is 18.6. The standard InChI is InChI=1S/C25H25ClN4O/c1-16(2)19-5-4-6-20(11-19)17(3)29-25(31)21-8-9-23-22(12-21)28-15-30(23)14-18-7-10-24(26)27-13-18/h4-13,15-17H,14H2,1-3H3,(H,29,31). The molecule has 0 saturated carbocycles. The zero-order valence-electron chi connectivity index (χ0n) is 17.8. The Labute approximate surface area is 187 Å². The second-order valence-electron chi connectivity index (χ2n) is 8.09. The smallest absolute Gasteiger partial charge is 0.251 e. The first-order chi connectivity index (χ1) is 14.9. The third-order valence-electron chi connectivity index (χ3n) is 5.45. The Morgan fingerprint density at radius 2 is 1.84 bits per heavy atom. The predicted molar refractivity (Wildman–Crippen MR) is 124 cm³/mol. The summed E-state index contributed by atoms with van der Waals surface area (Å²) >= 11 is 5.86. The van der Waals surface area contributed by atoms with E-state index >= 15 is 0 Å². The van der Waals surface area contributed by atoms with Gasteiger partial charge in [-0.15, -0.1) is 0 Å². The topological polar surface area (TPSA) is 59.8 Å². The van der Waals surface area contributed by atoms with Crippen LogP contribution in [0.4, 0.5) is 0 Å². The largest absolute Gasteiger partial charge is 0.346 e. The van der Waals surface area contributed by atoms with Crippen molar-refractivity contribution in [2.75, 3.05) is 0 Å². The molecule has 0 radical (unpaired) electrons. The third kappa shape index (κ3) is 4.78. The summed E-state index contributed by atoms with van der Waals surface area (Å²) in [4.78, 5) is 21.5. The van der Waals surface area contributed by atoms with E-state index in [1.807, 2.05) is 47.9 Å². The Morgan fingerprint density at radius 3 is 2.58 bits per heavy atom. The molecule has 0 spiro atoms. The van der Waals surface area contributed by atoms with Crippen LogP contribution in [-0.2, 0) is 6.54 Å². The second-order valence-corrected chi connectivity index (χ2v) is 8.47. The number of halogens is 1. The lowest BCUT2D eigenvalue weighted by Crippen LogP contribution is -2.26. The molecule has 4 rings (SSSR count). The van der Waals surface area contributed by atoms with Crippen molar-refractivity contribution < 1.29 is 4.79 Å². The second kappa shape index (κ2) is 8.90. The van der Waals surface area contributed by atoms with Gasteiger partial charge in [0.1, 0.15) is 5.15 Å². The number of benzene rings is 2. The molecular weight excluding hydrogens is 408 g/mol. The highest BCUT2D eigenvalue weighted by Gasteiger charge is 2.14. The van der Waals surface area contributed by atoms with Crippen molar-refractivity contribution in [3.63, 3.8) is 0 Å². The summed E-state index contributed by atoms with van der Waals surface area (Å²) in [5.74, 6) is 0.338. The number of hydrogen-bond acceptors (Lipinski definition) is 3. The number of nitrogens with one attached hydrogen (secondary N) is 1. The number of carbonyl (C=O) groups is 1. The van der Waals surface area contributed by atoms with Crippen LogP contribution < -0.4 is 5.32 Å². The van der Waals surface area contributed by atoms with Crippen molar-refractivity contribution in [3.05, 3.63) is 94.5 Å². The average Bonchev–Trinajstić information content (AvgIpc) is 3.17. The van der Waals surface area contributed by atoms with Crippen LogP contribution in [0.5, 0.6) is 0 Å². The molecule has 5 nitrogen and oxygen atoms in total. The highest BCUT2D eigenvalue weighted by atomic mass is 35.5. The van der Waals surface area contributed by atoms with Crippen molar-refractivity contribution in [1.29, 1.82) is 0 Å². The maximum absolute atomic E-state index is 12.9. The molecule has 2 aromatic carbocycles. The lowest BCUT2D eigenvalue weighted by Gasteiger charge is -2.16. The molecular formula is C25H25ClN4O. The van der Waals surface area contributed by atoms with Crippen LogP contribution in [0, 0.1) is 0 Å². The Bertz CT molecular complexity index is 1210. The highest BCUT2D eigenvalue weighted by Crippen LogP contribution is 2.21. The number of aromatic nitrogens is 3. The molecule has 158 valence electrons. The lowest BCUT2D eigenvalue weighted by atomic mass is 9.98. The maximum Gasteiger partial charge on any atom is 0.251 e. The number of nitrogens with zero attached hydrogens (tertiary/aromatic N) is 3. The molecule has 1 amide bonds. The van der Waals surface area contributed by atoms with Crippen LogP contribution in [0.15, 0.2) is 67.1 Å². The summed E-state index contributed by atoms with van der Waals surface area (Å²) in [6.45, 7) is 6.97. The molecule has 0 saturated heterocycles. The van der Waals surface area contributed by atoms with Crippen LogP contribution in [0.25, 0.3) is 11.0 Å². The minimum absolute atomic E-state index is 0.0862. The molecule has 1 N–H and O–H groups in total. The van der Waals surface area contributed by atoms with Crippen LogP contribution in [0.2, 0.25) is 5.15 Å². The number of carbonyl (C=O) groups excluding carboxylic acids is 1. The average molecular weight is 433 g/mol. The summed E-state index contributed by atoms with van der Waals surface area (Å²) in [5, 5.41) is 3.57. The molecule has 1 unspecified atom stereocenters. The summed E-state index contributed by atoms with van der Waals surface area (Å²) in [6, 6.07) is 17.6. The van der Waals surface area contributed by atoms with Gasteiger partial charge in [0.25, 0.3) is 5.91 Å². The predicted octanol–water partition coefficient (Wildman–Crippen LogP) is 5.75. The summed E-state index contributed by atoms with van der Waals surface area (Å²) in [6.07, 6.45) is 3.53. The number of imidazole rings is 1. The number of hydrogen-bond donors (Lipinski definition) is 1. The molecule has 31 heavy (non-hydrogen) atoms. The van der Waals surface area contributed by atoms with Crippen LogP contribution in [-0.4, -0.2) is 20.4 Å². The van der Waals surface area contributed by atoms with Gasteiger partial charge < -0.3 is 9.88 Å². The van der Waals surface area contributed by atoms with Crippen LogP contribution >= 0.6 is 11.6 Å². The van der Waals surface area contributed by atoms with Crippen LogP contribution in [0.1, 0.15) is 59.8 Å². The van der Waals surface area contributed by atoms with Gasteiger partial charge in [0.05, 0.1) is 29.9 Å². The van der Waals surface area contributed by atoms with Crippen molar-refractivity contribution in [3.8, 4) is 0 Å². The lowest BCUT2D eigenvalue weighted by molar-refractivity contribution is 0.0940. The Hall–Kier alpha value is -3.18. The molecule has 2 heterocycles. The molecule has 0 aliphatic heterocycles. The van der Waals surface area contributed by atoms with E-state index in [2.05, 4.69) is 41.3 Å². The van der Waals surface area contributed by atoms with E-state index in [0.717, 1.165) is 22.2 Å². The summed E-state index contributed by atoms with van der Waals surface area (Å²) in [7, 11) is 0. The molecule has 0 aliphatic rings. The maximum atomic E-state index is 12.9. The monoisotopic (exact) mass is 432 g/mol. The molecule has 0 aliphatic carbocycles. The molecule has 1 atom stereocenters. The molecule has 6 heteroatoms. The number of fused-ring (bicyclic) bond motifs is 1. The van der Waals surface area contributed by atoms with Gasteiger partial charge in [0, 0.05) is 11.8 Å². The molecule has 0 fully saturated rings. The van der Waals surface area contributed by atoms with Gasteiger partial charge in [-0.2, -0.15) is 0 Å². The highest BCUT2D eigenvalue weighted by molar-refractivity contribution is 6.29. The van der Waals surface area contributed by atoms with Gasteiger partial charge in [-0.05, 0) is 53.8 Å². The first-order valence-corrected chi connectivity index (χ1v) is 10.7. The summed E-state index contributed by atoms with van der Waals surface area (Å²) in [5.41, 5.74) is 5.73. The Kier molecular flexibility index (Phi) is 6.05. The third-order valence-corrected chi connectivity index (χ3v) is 5.67. The Morgan fingerprint density at radius 1 is 1.03 bits per heavy atom. The fourth-order valence-electron chi connectivity index (χ4n) is 3.58. The van der Waals surface area contributed by atoms with E-state index in [9.17, 15) is 4.79 Å². The first kappa shape index (κ1) is 21.1. The molecule has 0 bridgehead atoms. The molecule has 4 aromatic rings. The van der Waals surface area contributed by atoms with Gasteiger partial charge in [0.15, 0.2) is 0 Å². The number of pyridine rings is 1. The van der Waals surface area contributed by atoms with Crippen molar-refractivity contribution in [2.24, 2.45) is 0 Å². The minimum atomic E-state index is -0.110. The van der Waals surface area contributed by atoms with E-state index in [1.165, 1.54) is 5.56 Å². The zero-order chi connectivity index (χ0) is 22.0. The normalized spacial score (nSPS) is 12.3. The van der Waals surface area contributed by atoms with Crippen LogP contribution in [0.3, 0.4) is 0 Å². The van der Waals surface area contributed by atoms with E-state index in [1.54, 1.807) is 18.6 Å². The quantitative estimate of drug-likeness (QED) is 0.395. The SMILES string of the molecule is CC(C)c1cccc(C(C)NC(=O)c2ccc3c(c2)ncn3Cc2ccc(Cl)nc2)c1. The first-order valence-electron chi connectivity index (χ1n) is 10.4. The van der Waals surface area contributed by atoms with Crippen molar-refractivity contribution in [2.45, 2.75) is 39.3 Å². The Balaban J connectivity index is 1.50. The van der Waals surface area contributed by atoms with E-state index in [4.69, 9.17) is 11.6 Å². The van der Waals surface area contributed by atoms with Gasteiger partial charge in [-0.1, -0.05) is 55.8 Å². The minimum Gasteiger partial charge on any atom is -0.346 e. The fourth-order valence-corrected chi connectivity index (χ4v) is 3.69. The van der Waals surface area contributed by atoms with Crippen molar-refractivity contribution in [1.82, 2.24) is 19.9 Å². The van der Waals surface area contributed by atoms with Gasteiger partial charge in [-0.3, -0.25) is 4.79 Å². The number of rotatable bonds is 6. The summed E-state index contributed by atoms with van der Waals surface area (Å²) < 4.78 is 2.03. The van der Waals surface area contributed by atoms with E-state index in [0.29, 0.717) is 23.2 Å². The van der Waals surface area contributed by atoms with Crippen molar-refractivity contribution >= 4 is 28.5 Å². The van der Waals surface area contributed by atoms with E-state index < -0.39 is 0 Å². The van der Waals surface area contributed by atoms with Gasteiger partial charge in [-0.25, -0.2) is 9.97 Å².